The van der Waals surface area contributed by atoms with E-state index in [4.69, 9.17) is 9.26 Å². The maximum atomic E-state index is 12.2. The molecule has 21 heavy (non-hydrogen) atoms. The van der Waals surface area contributed by atoms with E-state index >= 15 is 0 Å². The predicted molar refractivity (Wildman–Crippen MR) is 78.1 cm³/mol. The molecule has 0 spiro atoms. The molecule has 0 N–H and O–H groups in total. The van der Waals surface area contributed by atoms with E-state index in [2.05, 4.69) is 26.1 Å². The Bertz CT molecular complexity index is 641. The van der Waals surface area contributed by atoms with Crippen LogP contribution in [0.25, 0.3) is 0 Å². The van der Waals surface area contributed by atoms with Gasteiger partial charge in [0, 0.05) is 35.8 Å². The zero-order valence-corrected chi connectivity index (χ0v) is 13.0. The molecule has 2 aromatic heterocycles. The molecule has 0 radical (unpaired) electrons. The first-order chi connectivity index (χ1) is 10.1. The van der Waals surface area contributed by atoms with Gasteiger partial charge in [-0.05, 0) is 28.9 Å². The van der Waals surface area contributed by atoms with Gasteiger partial charge in [0.25, 0.3) is 5.91 Å². The normalized spacial score (nSPS) is 18.0. The standard InChI is InChI=1S/C14H14BrN3O3/c1-9-6-12(17-21-9)14(19)18-5-4-11(8-18)20-13-3-2-10(15)7-16-13/h2-3,6-7,11H,4-5,8H2,1H3. The van der Waals surface area contributed by atoms with Crippen LogP contribution in [0.3, 0.4) is 0 Å². The topological polar surface area (TPSA) is 68.5 Å². The Kier molecular flexibility index (Phi) is 3.92. The minimum Gasteiger partial charge on any atom is -0.472 e. The highest BCUT2D eigenvalue weighted by molar-refractivity contribution is 9.10. The Morgan fingerprint density at radius 1 is 1.52 bits per heavy atom. The average Bonchev–Trinajstić information content (AvgIpc) is 3.10. The number of aryl methyl sites for hydroxylation is 1. The van der Waals surface area contributed by atoms with E-state index < -0.39 is 0 Å². The molecule has 3 heterocycles. The van der Waals surface area contributed by atoms with Crippen LogP contribution in [0.2, 0.25) is 0 Å². The average molecular weight is 352 g/mol. The van der Waals surface area contributed by atoms with Gasteiger partial charge >= 0.3 is 0 Å². The first kappa shape index (κ1) is 14.1. The SMILES string of the molecule is Cc1cc(C(=O)N2CCC(Oc3ccc(Br)cn3)C2)no1. The van der Waals surface area contributed by atoms with Crippen molar-refractivity contribution < 1.29 is 14.1 Å². The molecule has 7 heteroatoms. The molecule has 6 nitrogen and oxygen atoms in total. The molecule has 1 atom stereocenters. The lowest BCUT2D eigenvalue weighted by Gasteiger charge is -2.15. The molecule has 0 saturated carbocycles. The second-order valence-corrected chi connectivity index (χ2v) is 5.83. The zero-order chi connectivity index (χ0) is 14.8. The van der Waals surface area contributed by atoms with E-state index in [-0.39, 0.29) is 12.0 Å². The van der Waals surface area contributed by atoms with Crippen LogP contribution >= 0.6 is 15.9 Å². The summed E-state index contributed by atoms with van der Waals surface area (Å²) < 4.78 is 11.6. The number of ether oxygens (including phenoxy) is 1. The van der Waals surface area contributed by atoms with Crippen LogP contribution in [0.1, 0.15) is 22.7 Å². The van der Waals surface area contributed by atoms with Crippen molar-refractivity contribution in [3.05, 3.63) is 40.3 Å². The molecule has 0 bridgehead atoms. The smallest absolute Gasteiger partial charge is 0.276 e. The number of likely N-dealkylation sites (tertiary alicyclic amines) is 1. The molecule has 1 aliphatic heterocycles. The fourth-order valence-corrected chi connectivity index (χ4v) is 2.48. The summed E-state index contributed by atoms with van der Waals surface area (Å²) in [6.45, 7) is 2.94. The van der Waals surface area contributed by atoms with Crippen molar-refractivity contribution in [3.63, 3.8) is 0 Å². The lowest BCUT2D eigenvalue weighted by molar-refractivity contribution is 0.0761. The number of hydrogen-bond donors (Lipinski definition) is 0. The summed E-state index contributed by atoms with van der Waals surface area (Å²) in [6, 6.07) is 5.32. The lowest BCUT2D eigenvalue weighted by Crippen LogP contribution is -2.31. The highest BCUT2D eigenvalue weighted by atomic mass is 79.9. The van der Waals surface area contributed by atoms with Crippen LogP contribution in [0.5, 0.6) is 5.88 Å². The van der Waals surface area contributed by atoms with Gasteiger partial charge in [-0.25, -0.2) is 4.98 Å². The fraction of sp³-hybridized carbons (Fsp3) is 0.357. The van der Waals surface area contributed by atoms with Gasteiger partial charge in [0.15, 0.2) is 5.69 Å². The van der Waals surface area contributed by atoms with Gasteiger partial charge in [0.05, 0.1) is 6.54 Å². The van der Waals surface area contributed by atoms with Crippen molar-refractivity contribution in [3.8, 4) is 5.88 Å². The molecule has 1 saturated heterocycles. The Morgan fingerprint density at radius 2 is 2.38 bits per heavy atom. The molecule has 1 amide bonds. The van der Waals surface area contributed by atoms with Crippen LogP contribution in [-0.4, -0.2) is 40.1 Å². The minimum absolute atomic E-state index is 0.0457. The third-order valence-electron chi connectivity index (χ3n) is 3.27. The van der Waals surface area contributed by atoms with E-state index in [0.717, 1.165) is 10.9 Å². The maximum absolute atomic E-state index is 12.2. The van der Waals surface area contributed by atoms with E-state index in [0.29, 0.717) is 30.4 Å². The quantitative estimate of drug-likeness (QED) is 0.849. The van der Waals surface area contributed by atoms with Crippen LogP contribution in [-0.2, 0) is 0 Å². The third kappa shape index (κ3) is 3.24. The Balaban J connectivity index is 1.60. The van der Waals surface area contributed by atoms with Crippen LogP contribution in [0.15, 0.2) is 33.4 Å². The first-order valence-electron chi connectivity index (χ1n) is 6.62. The number of pyridine rings is 1. The molecule has 1 fully saturated rings. The largest absolute Gasteiger partial charge is 0.472 e. The summed E-state index contributed by atoms with van der Waals surface area (Å²) >= 11 is 3.33. The molecule has 1 unspecified atom stereocenters. The summed E-state index contributed by atoms with van der Waals surface area (Å²) in [5, 5.41) is 3.75. The number of nitrogens with zero attached hydrogens (tertiary/aromatic N) is 3. The van der Waals surface area contributed by atoms with Gasteiger partial charge in [0.2, 0.25) is 5.88 Å². The lowest BCUT2D eigenvalue weighted by atomic mass is 10.3. The summed E-state index contributed by atoms with van der Waals surface area (Å²) in [5.74, 6) is 1.07. The monoisotopic (exact) mass is 351 g/mol. The highest BCUT2D eigenvalue weighted by Gasteiger charge is 2.29. The summed E-state index contributed by atoms with van der Waals surface area (Å²) in [7, 11) is 0. The van der Waals surface area contributed by atoms with E-state index in [1.165, 1.54) is 0 Å². The van der Waals surface area contributed by atoms with Crippen LogP contribution < -0.4 is 4.74 Å². The number of hydrogen-bond acceptors (Lipinski definition) is 5. The summed E-state index contributed by atoms with van der Waals surface area (Å²) in [4.78, 5) is 18.1. The van der Waals surface area contributed by atoms with Gasteiger partial charge in [-0.1, -0.05) is 5.16 Å². The predicted octanol–water partition coefficient (Wildman–Crippen LogP) is 2.43. The molecular formula is C14H14BrN3O3. The molecule has 2 aromatic rings. The fourth-order valence-electron chi connectivity index (χ4n) is 2.24. The van der Waals surface area contributed by atoms with Crippen LogP contribution in [0.4, 0.5) is 0 Å². The zero-order valence-electron chi connectivity index (χ0n) is 11.5. The molecule has 3 rings (SSSR count). The van der Waals surface area contributed by atoms with E-state index in [1.807, 2.05) is 6.07 Å². The molecule has 0 aliphatic carbocycles. The maximum Gasteiger partial charge on any atom is 0.276 e. The number of carbonyl (C=O) groups excluding carboxylic acids is 1. The number of carbonyl (C=O) groups is 1. The number of aromatic nitrogens is 2. The van der Waals surface area contributed by atoms with Gasteiger partial charge in [-0.3, -0.25) is 4.79 Å². The Hall–Kier alpha value is -1.89. The van der Waals surface area contributed by atoms with Gasteiger partial charge < -0.3 is 14.2 Å². The van der Waals surface area contributed by atoms with E-state index in [9.17, 15) is 4.79 Å². The van der Waals surface area contributed by atoms with Crippen molar-refractivity contribution in [2.24, 2.45) is 0 Å². The number of amides is 1. The Labute approximate surface area is 130 Å². The van der Waals surface area contributed by atoms with Crippen molar-refractivity contribution in [2.45, 2.75) is 19.4 Å². The first-order valence-corrected chi connectivity index (χ1v) is 7.42. The summed E-state index contributed by atoms with van der Waals surface area (Å²) in [5.41, 5.74) is 0.343. The van der Waals surface area contributed by atoms with Crippen molar-refractivity contribution >= 4 is 21.8 Å². The van der Waals surface area contributed by atoms with E-state index in [1.54, 1.807) is 30.2 Å². The van der Waals surface area contributed by atoms with Gasteiger partial charge in [0.1, 0.15) is 11.9 Å². The van der Waals surface area contributed by atoms with Gasteiger partial charge in [-0.15, -0.1) is 0 Å². The van der Waals surface area contributed by atoms with Crippen molar-refractivity contribution in [1.82, 2.24) is 15.0 Å². The molecule has 1 aliphatic rings. The highest BCUT2D eigenvalue weighted by Crippen LogP contribution is 2.19. The van der Waals surface area contributed by atoms with Crippen molar-refractivity contribution in [1.29, 1.82) is 0 Å². The van der Waals surface area contributed by atoms with Crippen molar-refractivity contribution in [2.75, 3.05) is 13.1 Å². The van der Waals surface area contributed by atoms with Crippen LogP contribution in [0, 0.1) is 6.92 Å². The molecular weight excluding hydrogens is 338 g/mol. The second-order valence-electron chi connectivity index (χ2n) is 4.92. The number of halogens is 1. The number of rotatable bonds is 3. The summed E-state index contributed by atoms with van der Waals surface area (Å²) in [6.07, 6.45) is 2.42. The second kappa shape index (κ2) is 5.85. The minimum atomic E-state index is -0.123. The molecule has 0 aromatic carbocycles. The van der Waals surface area contributed by atoms with Gasteiger partial charge in [-0.2, -0.15) is 0 Å². The third-order valence-corrected chi connectivity index (χ3v) is 3.74. The molecule has 110 valence electrons. The Morgan fingerprint density at radius 3 is 3.05 bits per heavy atom.